The zero-order valence-corrected chi connectivity index (χ0v) is 14.2. The van der Waals surface area contributed by atoms with Crippen LogP contribution in [0.3, 0.4) is 0 Å². The average molecular weight is 332 g/mol. The topological polar surface area (TPSA) is 83.6 Å². The van der Waals surface area contributed by atoms with Gasteiger partial charge in [0.05, 0.1) is 11.6 Å². The van der Waals surface area contributed by atoms with E-state index in [1.165, 1.54) is 11.9 Å². The Bertz CT molecular complexity index is 586. The van der Waals surface area contributed by atoms with Crippen molar-refractivity contribution in [2.45, 2.75) is 38.6 Å². The number of hydrogen-bond acceptors (Lipinski definition) is 5. The van der Waals surface area contributed by atoms with Gasteiger partial charge in [-0.2, -0.15) is 0 Å². The largest absolute Gasteiger partial charge is 0.385 e. The maximum atomic E-state index is 12.6. The molecule has 0 fully saturated rings. The molecule has 0 heterocycles. The summed E-state index contributed by atoms with van der Waals surface area (Å²) in [4.78, 5) is 46.8. The quantitative estimate of drug-likeness (QED) is 0.497. The number of carbonyl (C=O) groups is 4. The number of unbranched alkanes of at least 4 members (excludes halogenated alkanes) is 1. The molecule has 0 radical (unpaired) electrons. The number of anilines is 1. The van der Waals surface area contributed by atoms with Gasteiger partial charge in [-0.15, -0.1) is 0 Å². The summed E-state index contributed by atoms with van der Waals surface area (Å²) in [5, 5.41) is 3.20. The zero-order chi connectivity index (χ0) is 17.9. The predicted octanol–water partition coefficient (Wildman–Crippen LogP) is 2.33. The first-order valence-corrected chi connectivity index (χ1v) is 8.08. The third-order valence-electron chi connectivity index (χ3n) is 3.82. The molecule has 1 atom stereocenters. The van der Waals surface area contributed by atoms with Crippen molar-refractivity contribution >= 4 is 30.5 Å². The number of likely N-dealkylation sites (N-methyl/N-ethyl adjacent to an activating group) is 1. The van der Waals surface area contributed by atoms with E-state index in [9.17, 15) is 19.2 Å². The number of benzene rings is 1. The van der Waals surface area contributed by atoms with E-state index in [0.717, 1.165) is 25.1 Å². The van der Waals surface area contributed by atoms with Gasteiger partial charge in [-0.05, 0) is 31.0 Å². The molecule has 6 nitrogen and oxygen atoms in total. The van der Waals surface area contributed by atoms with Crippen LogP contribution in [0.15, 0.2) is 18.2 Å². The highest BCUT2D eigenvalue weighted by Crippen LogP contribution is 2.18. The molecule has 1 N–H and O–H groups in total. The minimum atomic E-state index is -0.690. The Kier molecular flexibility index (Phi) is 8.39. The van der Waals surface area contributed by atoms with Crippen LogP contribution in [0.4, 0.5) is 5.69 Å². The number of rotatable bonds is 11. The molecule has 0 bridgehead atoms. The summed E-state index contributed by atoms with van der Waals surface area (Å²) in [6.45, 7) is 2.88. The average Bonchev–Trinajstić information content (AvgIpc) is 2.61. The number of nitrogens with one attached hydrogen (secondary N) is 1. The van der Waals surface area contributed by atoms with E-state index in [4.69, 9.17) is 0 Å². The van der Waals surface area contributed by atoms with Crippen LogP contribution >= 0.6 is 0 Å². The minimum Gasteiger partial charge on any atom is -0.385 e. The minimum absolute atomic E-state index is 0.196. The van der Waals surface area contributed by atoms with Gasteiger partial charge in [-0.25, -0.2) is 0 Å². The molecule has 1 aromatic carbocycles. The molecule has 0 saturated heterocycles. The summed E-state index contributed by atoms with van der Waals surface area (Å²) < 4.78 is 0. The Morgan fingerprint density at radius 2 is 2.04 bits per heavy atom. The molecule has 1 amide bonds. The highest BCUT2D eigenvalue weighted by atomic mass is 16.2. The molecule has 0 aliphatic rings. The Balaban J connectivity index is 2.94. The molecule has 0 saturated carbocycles. The van der Waals surface area contributed by atoms with Gasteiger partial charge in [0.15, 0.2) is 6.29 Å². The molecule has 1 rings (SSSR count). The van der Waals surface area contributed by atoms with Gasteiger partial charge in [-0.1, -0.05) is 13.3 Å². The van der Waals surface area contributed by atoms with E-state index in [1.807, 2.05) is 0 Å². The normalized spacial score (nSPS) is 11.4. The lowest BCUT2D eigenvalue weighted by Gasteiger charge is -2.24. The van der Waals surface area contributed by atoms with Crippen molar-refractivity contribution < 1.29 is 19.2 Å². The fourth-order valence-corrected chi connectivity index (χ4v) is 2.31. The van der Waals surface area contributed by atoms with Crippen LogP contribution in [0, 0.1) is 0 Å². The molecule has 0 spiro atoms. The van der Waals surface area contributed by atoms with Crippen LogP contribution in [-0.2, 0) is 9.59 Å². The predicted molar refractivity (Wildman–Crippen MR) is 92.5 cm³/mol. The molecule has 0 aromatic heterocycles. The standard InChI is InChI=1S/C18H24N2O4/c1-3-4-9-19-15-7-8-17(14(11-15)12-22)18(24)20(2)16(13-23)6-5-10-21/h7-8,10-13,16,19H,3-6,9H2,1-2H3. The molecular formula is C18H24N2O4. The van der Waals surface area contributed by atoms with Crippen LogP contribution in [0.25, 0.3) is 0 Å². The van der Waals surface area contributed by atoms with Gasteiger partial charge in [0, 0.05) is 31.3 Å². The van der Waals surface area contributed by atoms with Gasteiger partial charge >= 0.3 is 0 Å². The van der Waals surface area contributed by atoms with Gasteiger partial charge in [0.2, 0.25) is 0 Å². The second kappa shape index (κ2) is 10.3. The summed E-state index contributed by atoms with van der Waals surface area (Å²) in [5.74, 6) is -0.416. The van der Waals surface area contributed by atoms with E-state index < -0.39 is 11.9 Å². The lowest BCUT2D eigenvalue weighted by molar-refractivity contribution is -0.112. The summed E-state index contributed by atoms with van der Waals surface area (Å²) in [6.07, 6.45) is 4.52. The summed E-state index contributed by atoms with van der Waals surface area (Å²) in [7, 11) is 1.49. The van der Waals surface area contributed by atoms with Crippen LogP contribution in [0.2, 0.25) is 0 Å². The SMILES string of the molecule is CCCCNc1ccc(C(=O)N(C)C(C=O)CCC=O)c(C=O)c1. The summed E-state index contributed by atoms with van der Waals surface area (Å²) in [5.41, 5.74) is 1.29. The van der Waals surface area contributed by atoms with Crippen molar-refractivity contribution in [2.75, 3.05) is 18.9 Å². The van der Waals surface area contributed by atoms with Crippen molar-refractivity contribution in [2.24, 2.45) is 0 Å². The van der Waals surface area contributed by atoms with Gasteiger partial charge in [-0.3, -0.25) is 9.59 Å². The fraction of sp³-hybridized carbons (Fsp3) is 0.444. The van der Waals surface area contributed by atoms with Crippen molar-refractivity contribution in [3.63, 3.8) is 0 Å². The number of aldehydes is 3. The number of carbonyl (C=O) groups excluding carboxylic acids is 4. The van der Waals surface area contributed by atoms with Crippen LogP contribution < -0.4 is 5.32 Å². The molecular weight excluding hydrogens is 308 g/mol. The molecule has 0 aliphatic heterocycles. The number of hydrogen-bond donors (Lipinski definition) is 1. The Hall–Kier alpha value is -2.50. The first-order chi connectivity index (χ1) is 11.6. The fourth-order valence-electron chi connectivity index (χ4n) is 2.31. The molecule has 130 valence electrons. The van der Waals surface area contributed by atoms with E-state index >= 15 is 0 Å². The summed E-state index contributed by atoms with van der Waals surface area (Å²) in [6, 6.07) is 4.26. The zero-order valence-electron chi connectivity index (χ0n) is 14.2. The summed E-state index contributed by atoms with van der Waals surface area (Å²) >= 11 is 0. The molecule has 0 aliphatic carbocycles. The van der Waals surface area contributed by atoms with Crippen LogP contribution in [0.5, 0.6) is 0 Å². The van der Waals surface area contributed by atoms with Crippen molar-refractivity contribution in [3.05, 3.63) is 29.3 Å². The highest BCUT2D eigenvalue weighted by molar-refractivity contribution is 6.02. The number of nitrogens with zero attached hydrogens (tertiary/aromatic N) is 1. The van der Waals surface area contributed by atoms with Crippen LogP contribution in [-0.4, -0.2) is 49.3 Å². The lowest BCUT2D eigenvalue weighted by Crippen LogP contribution is -2.38. The molecule has 6 heteroatoms. The van der Waals surface area contributed by atoms with Gasteiger partial charge in [0.25, 0.3) is 5.91 Å². The van der Waals surface area contributed by atoms with E-state index in [-0.39, 0.29) is 24.0 Å². The molecule has 1 unspecified atom stereocenters. The smallest absolute Gasteiger partial charge is 0.254 e. The maximum absolute atomic E-state index is 12.6. The monoisotopic (exact) mass is 332 g/mol. The molecule has 1 aromatic rings. The van der Waals surface area contributed by atoms with Gasteiger partial charge in [0.1, 0.15) is 12.6 Å². The van der Waals surface area contributed by atoms with Gasteiger partial charge < -0.3 is 19.8 Å². The van der Waals surface area contributed by atoms with E-state index in [0.29, 0.717) is 18.9 Å². The van der Waals surface area contributed by atoms with Crippen molar-refractivity contribution in [1.29, 1.82) is 0 Å². The van der Waals surface area contributed by atoms with E-state index in [2.05, 4.69) is 12.2 Å². The second-order valence-corrected chi connectivity index (χ2v) is 5.56. The first kappa shape index (κ1) is 19.5. The lowest BCUT2D eigenvalue weighted by atomic mass is 10.0. The van der Waals surface area contributed by atoms with Crippen LogP contribution in [0.1, 0.15) is 53.3 Å². The number of amides is 1. The molecule has 24 heavy (non-hydrogen) atoms. The van der Waals surface area contributed by atoms with E-state index in [1.54, 1.807) is 18.2 Å². The maximum Gasteiger partial charge on any atom is 0.254 e. The Morgan fingerprint density at radius 3 is 2.62 bits per heavy atom. The first-order valence-electron chi connectivity index (χ1n) is 8.08. The third-order valence-corrected chi connectivity index (χ3v) is 3.82. The highest BCUT2D eigenvalue weighted by Gasteiger charge is 2.22. The van der Waals surface area contributed by atoms with Crippen molar-refractivity contribution in [1.82, 2.24) is 4.90 Å². The van der Waals surface area contributed by atoms with Crippen molar-refractivity contribution in [3.8, 4) is 0 Å². The Morgan fingerprint density at radius 1 is 1.29 bits per heavy atom. The Labute approximate surface area is 142 Å². The second-order valence-electron chi connectivity index (χ2n) is 5.56. The third kappa shape index (κ3) is 5.30.